The number of nitrogens with zero attached hydrogens (tertiary/aromatic N) is 4. The first-order chi connectivity index (χ1) is 42.9. The fourth-order valence-corrected chi connectivity index (χ4v) is 11.2. The van der Waals surface area contributed by atoms with Crippen molar-refractivity contribution >= 4 is 44.6 Å². The average molecular weight is 1240 g/mol. The zero-order valence-corrected chi connectivity index (χ0v) is 50.0. The number of para-hydroxylation sites is 3. The number of aromatic nitrogens is 2. The van der Waals surface area contributed by atoms with Gasteiger partial charge in [0.25, 0.3) is 0 Å². The molecule has 0 spiro atoms. The Labute approximate surface area is 508 Å². The van der Waals surface area contributed by atoms with Crippen molar-refractivity contribution in [1.82, 2.24) is 9.55 Å². The molecule has 3 heterocycles. The van der Waals surface area contributed by atoms with Gasteiger partial charge < -0.3 is 19.1 Å². The summed E-state index contributed by atoms with van der Waals surface area (Å²) in [5, 5.41) is 0.660. The zero-order chi connectivity index (χ0) is 66.7. The van der Waals surface area contributed by atoms with Crippen molar-refractivity contribution in [3.05, 3.63) is 222 Å². The maximum absolute atomic E-state index is 9.86. The van der Waals surface area contributed by atoms with Crippen LogP contribution in [-0.4, -0.2) is 9.55 Å². The molecule has 0 N–H and O–H groups in total. The van der Waals surface area contributed by atoms with Crippen LogP contribution in [0.25, 0.3) is 61.0 Å². The van der Waals surface area contributed by atoms with Crippen LogP contribution in [0, 0.1) is 18.8 Å². The van der Waals surface area contributed by atoms with Crippen LogP contribution < -0.4 is 14.5 Å². The minimum atomic E-state index is -0.705. The first kappa shape index (κ1) is 40.9. The second-order valence-electron chi connectivity index (χ2n) is 25.5. The Kier molecular flexibility index (Phi) is 10.3. The minimum absolute atomic E-state index is 0. The van der Waals surface area contributed by atoms with Gasteiger partial charge in [0.05, 0.1) is 17.8 Å². The van der Waals surface area contributed by atoms with E-state index in [1.54, 1.807) is 28.8 Å². The Morgan fingerprint density at radius 3 is 1.86 bits per heavy atom. The van der Waals surface area contributed by atoms with Gasteiger partial charge in [0, 0.05) is 78.0 Å². The third kappa shape index (κ3) is 9.88. The number of pyridine rings is 1. The molecule has 0 fully saturated rings. The number of benzene rings is 8. The summed E-state index contributed by atoms with van der Waals surface area (Å²) in [5.74, 6) is 0.736. The Bertz CT molecular complexity index is 4730. The Morgan fingerprint density at radius 2 is 1.18 bits per heavy atom. The van der Waals surface area contributed by atoms with Crippen molar-refractivity contribution in [2.24, 2.45) is 0 Å². The molecule has 10 aromatic rings. The number of hydrogen-bond acceptors (Lipinski definition) is 4. The van der Waals surface area contributed by atoms with E-state index in [2.05, 4.69) is 89.8 Å². The third-order valence-corrected chi connectivity index (χ3v) is 15.9. The van der Waals surface area contributed by atoms with E-state index < -0.39 is 46.5 Å². The molecule has 5 nitrogen and oxygen atoms in total. The van der Waals surface area contributed by atoms with Crippen LogP contribution in [0.15, 0.2) is 176 Å². The van der Waals surface area contributed by atoms with Crippen LogP contribution in [0.3, 0.4) is 0 Å². The van der Waals surface area contributed by atoms with Gasteiger partial charge in [0.1, 0.15) is 5.82 Å². The van der Waals surface area contributed by atoms with E-state index in [1.807, 2.05) is 95.6 Å². The maximum atomic E-state index is 9.86. The second kappa shape index (κ2) is 20.1. The van der Waals surface area contributed by atoms with Crippen LogP contribution in [0.5, 0.6) is 11.5 Å². The van der Waals surface area contributed by atoms with E-state index in [1.165, 1.54) is 17.3 Å². The van der Waals surface area contributed by atoms with E-state index >= 15 is 0 Å². The van der Waals surface area contributed by atoms with Crippen molar-refractivity contribution < 1.29 is 43.6 Å². The van der Waals surface area contributed by atoms with E-state index in [0.29, 0.717) is 50.3 Å². The summed E-state index contributed by atoms with van der Waals surface area (Å²) in [6.07, 6.45) is 3.50. The van der Waals surface area contributed by atoms with Crippen LogP contribution in [0.4, 0.5) is 22.7 Å². The normalized spacial score (nSPS) is 17.2. The molecule has 0 atom stereocenters. The fourth-order valence-electron chi connectivity index (χ4n) is 11.2. The molecular weight excluding hydrogens is 1160 g/mol. The molecule has 0 unspecified atom stereocenters. The molecule has 80 heavy (non-hydrogen) atoms. The van der Waals surface area contributed by atoms with Crippen LogP contribution in [-0.2, 0) is 48.1 Å². The number of rotatable bonds is 8. The largest absolute Gasteiger partial charge is 0.509 e. The standard InChI is InChI=1S/C74H73N4O.Pt/c1-70(2,3)51-33-30-49(31-34-51)58-41-52(71(4,5)6)42-59(50-32-37-61-63(40-50)74(12,13)39-38-73(61,10)11)69(58)77-47-76(65-28-19-20-29-66(65)77)53-24-21-25-54(43-53)79-55-35-36-57-56-26-17-18-27-64(56)78(67(57)44-55)68-45-62(72(7,8)9)60(46-75-68)48-22-15-14-16-23-48;/h14-37,40-42,45-47H,38-39H2,1-13H3;/q-3;/i14D,15D,16D,17D,18D,22D,23D,26D,27D,30D,31D,33D,34D;. The average Bonchev–Trinajstić information content (AvgIpc) is 1.24. The molecule has 0 radical (unpaired) electrons. The van der Waals surface area contributed by atoms with Crippen molar-refractivity contribution in [1.29, 1.82) is 0 Å². The van der Waals surface area contributed by atoms with Crippen molar-refractivity contribution in [2.75, 3.05) is 9.80 Å². The Balaban J connectivity index is 0.00000884. The van der Waals surface area contributed by atoms with Crippen LogP contribution >= 0.6 is 0 Å². The fraction of sp³-hybridized carbons (Fsp3) is 0.270. The summed E-state index contributed by atoms with van der Waals surface area (Å²) >= 11 is 0. The zero-order valence-electron chi connectivity index (χ0n) is 60.7. The van der Waals surface area contributed by atoms with E-state index in [9.17, 15) is 8.22 Å². The van der Waals surface area contributed by atoms with Gasteiger partial charge in [-0.2, -0.15) is 12.1 Å². The number of fused-ring (bicyclic) bond motifs is 5. The second-order valence-corrected chi connectivity index (χ2v) is 25.5. The predicted molar refractivity (Wildman–Crippen MR) is 332 cm³/mol. The summed E-state index contributed by atoms with van der Waals surface area (Å²) < 4.78 is 126. The van der Waals surface area contributed by atoms with Crippen LogP contribution in [0.1, 0.15) is 148 Å². The quantitative estimate of drug-likeness (QED) is 0.142. The molecule has 2 aliphatic rings. The summed E-state index contributed by atoms with van der Waals surface area (Å²) in [5.41, 5.74) is 8.52. The predicted octanol–water partition coefficient (Wildman–Crippen LogP) is 20.2. The van der Waals surface area contributed by atoms with Gasteiger partial charge in [-0.05, 0) is 126 Å². The Hall–Kier alpha value is -7.20. The molecule has 0 bridgehead atoms. The SMILES string of the molecule is [2H]c1c([2H])c([2H])c(-c2cnc(-n3c4[c-]c(Oc5[c-]c(N6[CH-]N(c7c(-c8ccc9c(c8)C(C)(C)CCC9(C)C)cc(C(C)(C)C)cc7-c7c([2H])c([2H])c(C(C)(C)C)c([2H])c7[2H])c7ccccc76)ccc5)ccc4c4c([2H])c([2H])c([2H])c([2H])c43)cc2C(C)(C)C)c([2H])c1[2H].[Pt]. The van der Waals surface area contributed by atoms with Crippen molar-refractivity contribution in [3.8, 4) is 50.7 Å². The molecule has 0 saturated heterocycles. The summed E-state index contributed by atoms with van der Waals surface area (Å²) in [7, 11) is 0. The van der Waals surface area contributed by atoms with Crippen molar-refractivity contribution in [3.63, 3.8) is 0 Å². The van der Waals surface area contributed by atoms with Gasteiger partial charge in [-0.3, -0.25) is 0 Å². The molecule has 2 aromatic heterocycles. The number of ether oxygens (including phenoxy) is 1. The molecule has 408 valence electrons. The summed E-state index contributed by atoms with van der Waals surface area (Å²) in [4.78, 5) is 8.94. The summed E-state index contributed by atoms with van der Waals surface area (Å²) in [6, 6.07) is 32.4. The van der Waals surface area contributed by atoms with Gasteiger partial charge in [-0.15, -0.1) is 48.1 Å². The van der Waals surface area contributed by atoms with E-state index in [0.717, 1.165) is 40.9 Å². The number of anilines is 4. The monoisotopic (exact) mass is 1240 g/mol. The smallest absolute Gasteiger partial charge is 0.135 e. The van der Waals surface area contributed by atoms with E-state index in [4.69, 9.17) is 19.3 Å². The first-order valence-corrected chi connectivity index (χ1v) is 27.2. The van der Waals surface area contributed by atoms with Gasteiger partial charge in [0.15, 0.2) is 0 Å². The van der Waals surface area contributed by atoms with Gasteiger partial charge in [-0.1, -0.05) is 198 Å². The Morgan fingerprint density at radius 1 is 0.550 bits per heavy atom. The molecule has 0 amide bonds. The van der Waals surface area contributed by atoms with Gasteiger partial charge in [0.2, 0.25) is 0 Å². The maximum Gasteiger partial charge on any atom is 0.135 e. The molecule has 1 aliphatic heterocycles. The molecule has 6 heteroatoms. The van der Waals surface area contributed by atoms with Gasteiger partial charge >= 0.3 is 0 Å². The molecule has 8 aromatic carbocycles. The molecule has 0 saturated carbocycles. The minimum Gasteiger partial charge on any atom is -0.509 e. The van der Waals surface area contributed by atoms with Crippen LogP contribution in [0.2, 0.25) is 0 Å². The van der Waals surface area contributed by atoms with Crippen molar-refractivity contribution in [2.45, 2.75) is 130 Å². The third-order valence-electron chi connectivity index (χ3n) is 15.9. The van der Waals surface area contributed by atoms with Gasteiger partial charge in [-0.25, -0.2) is 4.98 Å². The molecule has 12 rings (SSSR count). The number of hydrogen-bond donors (Lipinski definition) is 0. The topological polar surface area (TPSA) is 33.5 Å². The molecular formula is C74H73N4OPt-3. The molecule has 1 aliphatic carbocycles. The summed E-state index contributed by atoms with van der Waals surface area (Å²) in [6.45, 7) is 29.1. The van der Waals surface area contributed by atoms with E-state index in [-0.39, 0.29) is 114 Å². The first-order valence-electron chi connectivity index (χ1n) is 33.7.